The lowest BCUT2D eigenvalue weighted by atomic mass is 10.1. The number of para-hydroxylation sites is 1. The molecule has 2 aromatic carbocycles. The second-order valence-electron chi connectivity index (χ2n) is 6.32. The molecule has 1 amide bonds. The Hall–Kier alpha value is -2.63. The van der Waals surface area contributed by atoms with E-state index < -0.39 is 0 Å². The predicted octanol–water partition coefficient (Wildman–Crippen LogP) is 4.54. The van der Waals surface area contributed by atoms with Gasteiger partial charge in [-0.25, -0.2) is 0 Å². The van der Waals surface area contributed by atoms with Crippen LogP contribution in [0.4, 0.5) is 5.69 Å². The van der Waals surface area contributed by atoms with Crippen molar-refractivity contribution in [3.63, 3.8) is 0 Å². The van der Waals surface area contributed by atoms with Gasteiger partial charge in [0.05, 0.1) is 6.54 Å². The lowest BCUT2D eigenvalue weighted by Crippen LogP contribution is -2.36. The highest BCUT2D eigenvalue weighted by atomic mass is 32.1. The summed E-state index contributed by atoms with van der Waals surface area (Å²) in [5.41, 5.74) is 2.14. The summed E-state index contributed by atoms with van der Waals surface area (Å²) >= 11 is 1.81. The van der Waals surface area contributed by atoms with E-state index in [0.29, 0.717) is 6.54 Å². The number of carbonyl (C=O) groups is 1. The number of amides is 1. The van der Waals surface area contributed by atoms with Gasteiger partial charge in [0, 0.05) is 23.7 Å². The summed E-state index contributed by atoms with van der Waals surface area (Å²) in [6, 6.07) is 19.3. The zero-order valence-corrected chi connectivity index (χ0v) is 15.2. The quantitative estimate of drug-likeness (QED) is 0.723. The lowest BCUT2D eigenvalue weighted by Gasteiger charge is -2.26. The maximum Gasteiger partial charge on any atom is 0.238 e. The first-order chi connectivity index (χ1) is 12.8. The maximum atomic E-state index is 12.3. The van der Waals surface area contributed by atoms with E-state index in [4.69, 9.17) is 4.74 Å². The number of nitrogens with one attached hydrogen (secondary N) is 1. The summed E-state index contributed by atoms with van der Waals surface area (Å²) < 4.78 is 5.77. The smallest absolute Gasteiger partial charge is 0.238 e. The van der Waals surface area contributed by atoms with E-state index >= 15 is 0 Å². The average molecular weight is 364 g/mol. The van der Waals surface area contributed by atoms with Crippen molar-refractivity contribution in [3.8, 4) is 11.5 Å². The highest BCUT2D eigenvalue weighted by Gasteiger charge is 2.19. The average Bonchev–Trinajstić information content (AvgIpc) is 3.12. The molecule has 3 aromatic rings. The van der Waals surface area contributed by atoms with Crippen LogP contribution < -0.4 is 10.1 Å². The minimum absolute atomic E-state index is 0.0143. The largest absolute Gasteiger partial charge is 0.457 e. The summed E-state index contributed by atoms with van der Waals surface area (Å²) in [6.45, 7) is 2.21. The molecule has 2 heterocycles. The molecule has 0 atom stereocenters. The molecule has 26 heavy (non-hydrogen) atoms. The van der Waals surface area contributed by atoms with Gasteiger partial charge in [-0.1, -0.05) is 18.2 Å². The topological polar surface area (TPSA) is 41.6 Å². The Morgan fingerprint density at radius 3 is 2.62 bits per heavy atom. The Kier molecular flexibility index (Phi) is 5.00. The summed E-state index contributed by atoms with van der Waals surface area (Å²) in [4.78, 5) is 16.0. The van der Waals surface area contributed by atoms with E-state index in [2.05, 4.69) is 21.7 Å². The molecular formula is C21H20N2O2S. The molecule has 0 saturated heterocycles. The van der Waals surface area contributed by atoms with Crippen molar-refractivity contribution in [2.75, 3.05) is 18.4 Å². The zero-order chi connectivity index (χ0) is 17.8. The number of benzene rings is 2. The monoisotopic (exact) mass is 364 g/mol. The Balaban J connectivity index is 1.30. The van der Waals surface area contributed by atoms with Crippen molar-refractivity contribution in [3.05, 3.63) is 76.5 Å². The zero-order valence-electron chi connectivity index (χ0n) is 14.4. The number of hydrogen-bond donors (Lipinski definition) is 1. The Bertz CT molecular complexity index is 875. The van der Waals surface area contributed by atoms with Crippen LogP contribution in [0.25, 0.3) is 0 Å². The van der Waals surface area contributed by atoms with E-state index in [1.165, 1.54) is 10.4 Å². The number of thiophene rings is 1. The number of ether oxygens (including phenoxy) is 1. The molecule has 1 N–H and O–H groups in total. The molecule has 4 nitrogen and oxygen atoms in total. The van der Waals surface area contributed by atoms with Crippen LogP contribution >= 0.6 is 11.3 Å². The third kappa shape index (κ3) is 4.12. The minimum Gasteiger partial charge on any atom is -0.457 e. The number of anilines is 1. The second kappa shape index (κ2) is 7.72. The number of fused-ring (bicyclic) bond motifs is 1. The van der Waals surface area contributed by atoms with Crippen molar-refractivity contribution >= 4 is 22.9 Å². The van der Waals surface area contributed by atoms with Crippen LogP contribution in [0.3, 0.4) is 0 Å². The minimum atomic E-state index is 0.0143. The molecule has 0 radical (unpaired) electrons. The first-order valence-electron chi connectivity index (χ1n) is 8.67. The van der Waals surface area contributed by atoms with Gasteiger partial charge in [-0.2, -0.15) is 0 Å². The van der Waals surface area contributed by atoms with Crippen molar-refractivity contribution in [1.82, 2.24) is 4.90 Å². The predicted molar refractivity (Wildman–Crippen MR) is 105 cm³/mol. The van der Waals surface area contributed by atoms with Gasteiger partial charge in [-0.15, -0.1) is 11.3 Å². The van der Waals surface area contributed by atoms with E-state index in [1.807, 2.05) is 65.9 Å². The fraction of sp³-hybridized carbons (Fsp3) is 0.190. The molecule has 4 rings (SSSR count). The third-order valence-electron chi connectivity index (χ3n) is 4.37. The summed E-state index contributed by atoms with van der Waals surface area (Å²) in [5.74, 6) is 1.55. The van der Waals surface area contributed by atoms with Gasteiger partial charge in [0.1, 0.15) is 11.5 Å². The highest BCUT2D eigenvalue weighted by molar-refractivity contribution is 7.10. The Morgan fingerprint density at radius 2 is 1.81 bits per heavy atom. The molecule has 132 valence electrons. The summed E-state index contributed by atoms with van der Waals surface area (Å²) in [7, 11) is 0. The summed E-state index contributed by atoms with van der Waals surface area (Å²) in [5, 5.41) is 5.10. The van der Waals surface area contributed by atoms with Gasteiger partial charge in [0.2, 0.25) is 5.91 Å². The van der Waals surface area contributed by atoms with Crippen LogP contribution in [0.5, 0.6) is 11.5 Å². The standard InChI is InChI=1S/C21H20N2O2S/c24-21(15-23-12-10-20-16(14-23)11-13-26-20)22-17-6-8-19(9-7-17)25-18-4-2-1-3-5-18/h1-9,11,13H,10,12,14-15H2,(H,22,24). The number of carbonyl (C=O) groups excluding carboxylic acids is 1. The van der Waals surface area contributed by atoms with Gasteiger partial charge in [0.25, 0.3) is 0 Å². The molecule has 0 saturated carbocycles. The fourth-order valence-electron chi connectivity index (χ4n) is 3.08. The van der Waals surface area contributed by atoms with Gasteiger partial charge < -0.3 is 10.1 Å². The van der Waals surface area contributed by atoms with Crippen molar-refractivity contribution in [2.24, 2.45) is 0 Å². The van der Waals surface area contributed by atoms with Crippen molar-refractivity contribution in [2.45, 2.75) is 13.0 Å². The molecule has 0 fully saturated rings. The van der Waals surface area contributed by atoms with Crippen LogP contribution in [0.1, 0.15) is 10.4 Å². The first-order valence-corrected chi connectivity index (χ1v) is 9.55. The van der Waals surface area contributed by atoms with Crippen molar-refractivity contribution in [1.29, 1.82) is 0 Å². The van der Waals surface area contributed by atoms with Gasteiger partial charge >= 0.3 is 0 Å². The van der Waals surface area contributed by atoms with Gasteiger partial charge in [-0.3, -0.25) is 9.69 Å². The van der Waals surface area contributed by atoms with Crippen molar-refractivity contribution < 1.29 is 9.53 Å². The van der Waals surface area contributed by atoms with Crippen LogP contribution in [0, 0.1) is 0 Å². The SMILES string of the molecule is O=C(CN1CCc2sccc2C1)Nc1ccc(Oc2ccccc2)cc1. The normalized spacial score (nSPS) is 13.8. The Morgan fingerprint density at radius 1 is 1.04 bits per heavy atom. The molecule has 1 aliphatic heterocycles. The molecule has 0 bridgehead atoms. The molecule has 0 unspecified atom stereocenters. The van der Waals surface area contributed by atoms with E-state index in [1.54, 1.807) is 0 Å². The summed E-state index contributed by atoms with van der Waals surface area (Å²) in [6.07, 6.45) is 1.03. The van der Waals surface area contributed by atoms with E-state index in [9.17, 15) is 4.79 Å². The Labute approximate surface area is 157 Å². The van der Waals surface area contributed by atoms with Crippen LogP contribution in [0.2, 0.25) is 0 Å². The molecule has 1 aromatic heterocycles. The fourth-order valence-corrected chi connectivity index (χ4v) is 3.97. The maximum absolute atomic E-state index is 12.3. The van der Waals surface area contributed by atoms with E-state index in [-0.39, 0.29) is 5.91 Å². The molecule has 1 aliphatic rings. The molecule has 0 spiro atoms. The molecular weight excluding hydrogens is 344 g/mol. The number of rotatable bonds is 5. The second-order valence-corrected chi connectivity index (χ2v) is 7.32. The van der Waals surface area contributed by atoms with Crippen LogP contribution in [-0.2, 0) is 17.8 Å². The number of nitrogens with zero attached hydrogens (tertiary/aromatic N) is 1. The lowest BCUT2D eigenvalue weighted by molar-refractivity contribution is -0.117. The number of hydrogen-bond acceptors (Lipinski definition) is 4. The van der Waals surface area contributed by atoms with E-state index in [0.717, 1.165) is 36.7 Å². The van der Waals surface area contributed by atoms with Gasteiger partial charge in [-0.05, 0) is 59.8 Å². The molecule has 5 heteroatoms. The first kappa shape index (κ1) is 16.8. The van der Waals surface area contributed by atoms with Gasteiger partial charge in [0.15, 0.2) is 0 Å². The van der Waals surface area contributed by atoms with Crippen LogP contribution in [-0.4, -0.2) is 23.9 Å². The third-order valence-corrected chi connectivity index (χ3v) is 5.39. The van der Waals surface area contributed by atoms with Crippen LogP contribution in [0.15, 0.2) is 66.0 Å². The molecule has 0 aliphatic carbocycles. The highest BCUT2D eigenvalue weighted by Crippen LogP contribution is 2.24.